The van der Waals surface area contributed by atoms with Crippen LogP contribution in [0.3, 0.4) is 0 Å². The van der Waals surface area contributed by atoms with Crippen molar-refractivity contribution in [3.05, 3.63) is 99.8 Å². The lowest BCUT2D eigenvalue weighted by Crippen LogP contribution is -2.49. The third kappa shape index (κ3) is 4.61. The second-order valence-electron chi connectivity index (χ2n) is 7.06. The van der Waals surface area contributed by atoms with Gasteiger partial charge in [0.25, 0.3) is 5.91 Å². The lowest BCUT2D eigenvalue weighted by molar-refractivity contribution is 0.0597. The topological polar surface area (TPSA) is 36.4 Å². The van der Waals surface area contributed by atoms with Crippen molar-refractivity contribution >= 4 is 29.1 Å². The maximum absolute atomic E-state index is 12.8. The third-order valence-corrected chi connectivity index (χ3v) is 5.72. The first kappa shape index (κ1) is 19.9. The molecule has 0 aliphatic carbocycles. The van der Waals surface area contributed by atoms with Crippen molar-refractivity contribution in [2.24, 2.45) is 0 Å². The summed E-state index contributed by atoms with van der Waals surface area (Å²) in [6.45, 7) is 2.90. The van der Waals surface area contributed by atoms with Crippen LogP contribution in [0.4, 0.5) is 0 Å². The molecule has 1 aromatic heterocycles. The summed E-state index contributed by atoms with van der Waals surface area (Å²) in [5.74, 6) is -0.00318. The normalized spacial score (nSPS) is 15.9. The summed E-state index contributed by atoms with van der Waals surface area (Å²) in [4.78, 5) is 21.1. The van der Waals surface area contributed by atoms with Crippen molar-refractivity contribution in [2.75, 3.05) is 26.2 Å². The van der Waals surface area contributed by atoms with Crippen LogP contribution in [-0.4, -0.2) is 46.9 Å². The zero-order valence-corrected chi connectivity index (χ0v) is 17.4. The SMILES string of the molecule is O=C(c1ccc(Cl)nc1)N1CCN([C@@H](c2ccccc2)c2ccc(Cl)cc2)CC1. The highest BCUT2D eigenvalue weighted by molar-refractivity contribution is 6.30. The number of pyridine rings is 1. The van der Waals surface area contributed by atoms with E-state index in [1.165, 1.54) is 17.3 Å². The summed E-state index contributed by atoms with van der Waals surface area (Å²) < 4.78 is 0. The van der Waals surface area contributed by atoms with E-state index in [9.17, 15) is 4.79 Å². The van der Waals surface area contributed by atoms with Crippen LogP contribution in [0.1, 0.15) is 27.5 Å². The Balaban J connectivity index is 1.51. The van der Waals surface area contributed by atoms with Gasteiger partial charge in [0, 0.05) is 37.4 Å². The third-order valence-electron chi connectivity index (χ3n) is 5.24. The van der Waals surface area contributed by atoms with Gasteiger partial charge >= 0.3 is 0 Å². The van der Waals surface area contributed by atoms with Gasteiger partial charge in [-0.3, -0.25) is 9.69 Å². The monoisotopic (exact) mass is 425 g/mol. The summed E-state index contributed by atoms with van der Waals surface area (Å²) in [7, 11) is 0. The fourth-order valence-corrected chi connectivity index (χ4v) is 4.00. The van der Waals surface area contributed by atoms with Gasteiger partial charge in [0.15, 0.2) is 0 Å². The average molecular weight is 426 g/mol. The molecular weight excluding hydrogens is 405 g/mol. The van der Waals surface area contributed by atoms with E-state index in [2.05, 4.69) is 46.3 Å². The van der Waals surface area contributed by atoms with Gasteiger partial charge in [-0.25, -0.2) is 4.98 Å². The Labute approximate surface area is 180 Å². The minimum absolute atomic E-state index is 0.00318. The Hall–Kier alpha value is -2.40. The number of rotatable bonds is 4. The second kappa shape index (κ2) is 8.95. The molecule has 148 valence electrons. The van der Waals surface area contributed by atoms with Gasteiger partial charge in [-0.2, -0.15) is 0 Å². The molecule has 4 nitrogen and oxygen atoms in total. The first-order chi connectivity index (χ1) is 14.1. The van der Waals surface area contributed by atoms with Crippen molar-refractivity contribution in [1.82, 2.24) is 14.8 Å². The van der Waals surface area contributed by atoms with E-state index in [1.54, 1.807) is 12.1 Å². The van der Waals surface area contributed by atoms with Gasteiger partial charge in [-0.05, 0) is 35.4 Å². The van der Waals surface area contributed by atoms with Gasteiger partial charge in [-0.1, -0.05) is 65.7 Å². The van der Waals surface area contributed by atoms with E-state index in [1.807, 2.05) is 23.1 Å². The van der Waals surface area contributed by atoms with Crippen molar-refractivity contribution < 1.29 is 4.79 Å². The standard InChI is InChI=1S/C23H21Cl2N3O/c24-20-9-6-18(7-10-20)22(17-4-2-1-3-5-17)27-12-14-28(15-13-27)23(29)19-8-11-21(25)26-16-19/h1-11,16,22H,12-15H2/t22-/m0/s1. The first-order valence-electron chi connectivity index (χ1n) is 9.57. The van der Waals surface area contributed by atoms with Gasteiger partial charge in [0.1, 0.15) is 5.15 Å². The molecule has 1 aliphatic heterocycles. The molecule has 1 fully saturated rings. The molecule has 0 N–H and O–H groups in total. The smallest absolute Gasteiger partial charge is 0.255 e. The van der Waals surface area contributed by atoms with Gasteiger partial charge in [0.2, 0.25) is 0 Å². The fraction of sp³-hybridized carbons (Fsp3) is 0.217. The van der Waals surface area contributed by atoms with Crippen LogP contribution < -0.4 is 0 Å². The molecule has 1 amide bonds. The zero-order valence-electron chi connectivity index (χ0n) is 15.8. The van der Waals surface area contributed by atoms with Gasteiger partial charge in [-0.15, -0.1) is 0 Å². The van der Waals surface area contributed by atoms with Crippen molar-refractivity contribution in [1.29, 1.82) is 0 Å². The minimum Gasteiger partial charge on any atom is -0.336 e. The van der Waals surface area contributed by atoms with Crippen LogP contribution in [0.2, 0.25) is 10.2 Å². The first-order valence-corrected chi connectivity index (χ1v) is 10.3. The molecule has 0 radical (unpaired) electrons. The van der Waals surface area contributed by atoms with Crippen molar-refractivity contribution in [2.45, 2.75) is 6.04 Å². The molecule has 0 saturated carbocycles. The molecule has 2 heterocycles. The molecule has 0 bridgehead atoms. The minimum atomic E-state index is -0.00318. The number of carbonyl (C=O) groups excluding carboxylic acids is 1. The maximum atomic E-state index is 12.8. The number of benzene rings is 2. The average Bonchev–Trinajstić information content (AvgIpc) is 2.77. The maximum Gasteiger partial charge on any atom is 0.255 e. The van der Waals surface area contributed by atoms with Crippen LogP contribution >= 0.6 is 23.2 Å². The van der Waals surface area contributed by atoms with Crippen molar-refractivity contribution in [3.63, 3.8) is 0 Å². The van der Waals surface area contributed by atoms with Crippen LogP contribution in [0.5, 0.6) is 0 Å². The van der Waals surface area contributed by atoms with Crippen LogP contribution in [-0.2, 0) is 0 Å². The Morgan fingerprint density at radius 1 is 0.828 bits per heavy atom. The molecule has 1 saturated heterocycles. The highest BCUT2D eigenvalue weighted by atomic mass is 35.5. The molecule has 0 unspecified atom stereocenters. The van der Waals surface area contributed by atoms with Crippen molar-refractivity contribution in [3.8, 4) is 0 Å². The Morgan fingerprint density at radius 2 is 1.48 bits per heavy atom. The lowest BCUT2D eigenvalue weighted by Gasteiger charge is -2.39. The fourth-order valence-electron chi connectivity index (χ4n) is 3.76. The number of nitrogens with zero attached hydrogens (tertiary/aromatic N) is 3. The van der Waals surface area contributed by atoms with E-state index in [0.29, 0.717) is 23.8 Å². The Kier molecular flexibility index (Phi) is 6.14. The van der Waals surface area contributed by atoms with Gasteiger partial charge in [0.05, 0.1) is 11.6 Å². The Bertz CT molecular complexity index is 954. The number of hydrogen-bond acceptors (Lipinski definition) is 3. The molecule has 1 aliphatic rings. The van der Waals surface area contributed by atoms with Gasteiger partial charge < -0.3 is 4.90 Å². The second-order valence-corrected chi connectivity index (χ2v) is 7.89. The molecular formula is C23H21Cl2N3O. The number of carbonyl (C=O) groups is 1. The highest BCUT2D eigenvalue weighted by Gasteiger charge is 2.28. The van der Waals surface area contributed by atoms with Crippen LogP contribution in [0, 0.1) is 0 Å². The molecule has 1 atom stereocenters. The van der Waals surface area contributed by atoms with Crippen LogP contribution in [0.15, 0.2) is 72.9 Å². The number of hydrogen-bond donors (Lipinski definition) is 0. The summed E-state index contributed by atoms with van der Waals surface area (Å²) in [6, 6.07) is 22.0. The predicted molar refractivity (Wildman–Crippen MR) is 116 cm³/mol. The summed E-state index contributed by atoms with van der Waals surface area (Å²) in [5, 5.41) is 1.12. The summed E-state index contributed by atoms with van der Waals surface area (Å²) in [6.07, 6.45) is 1.54. The van der Waals surface area contributed by atoms with E-state index < -0.39 is 0 Å². The van der Waals surface area contributed by atoms with E-state index in [-0.39, 0.29) is 11.9 Å². The molecule has 4 rings (SSSR count). The van der Waals surface area contributed by atoms with E-state index in [0.717, 1.165) is 18.1 Å². The molecule has 0 spiro atoms. The molecule has 6 heteroatoms. The summed E-state index contributed by atoms with van der Waals surface area (Å²) in [5.41, 5.74) is 3.00. The zero-order chi connectivity index (χ0) is 20.2. The van der Waals surface area contributed by atoms with E-state index >= 15 is 0 Å². The number of halogens is 2. The molecule has 2 aromatic carbocycles. The Morgan fingerprint density at radius 3 is 2.10 bits per heavy atom. The highest BCUT2D eigenvalue weighted by Crippen LogP contribution is 2.30. The molecule has 3 aromatic rings. The summed E-state index contributed by atoms with van der Waals surface area (Å²) >= 11 is 11.9. The van der Waals surface area contributed by atoms with E-state index in [4.69, 9.17) is 23.2 Å². The largest absolute Gasteiger partial charge is 0.336 e. The number of aromatic nitrogens is 1. The van der Waals surface area contributed by atoms with Crippen LogP contribution in [0.25, 0.3) is 0 Å². The predicted octanol–water partition coefficient (Wildman–Crippen LogP) is 4.94. The lowest BCUT2D eigenvalue weighted by atomic mass is 9.96. The number of amides is 1. The quantitative estimate of drug-likeness (QED) is 0.555. The number of piperazine rings is 1. The molecule has 29 heavy (non-hydrogen) atoms.